The molecule has 1 aromatic heterocycles. The van der Waals surface area contributed by atoms with Crippen LogP contribution in [0.1, 0.15) is 31.2 Å². The van der Waals surface area contributed by atoms with Crippen LogP contribution in [-0.4, -0.2) is 37.3 Å². The second kappa shape index (κ2) is 6.06. The molecule has 0 spiro atoms. The highest BCUT2D eigenvalue weighted by atomic mass is 19.1. The SMILES string of the molecule is CNCc1cc(F)cnc1N1CCOC2CCCCC21. The van der Waals surface area contributed by atoms with Crippen LogP contribution in [0.4, 0.5) is 10.2 Å². The van der Waals surface area contributed by atoms with Gasteiger partial charge in [-0.1, -0.05) is 12.8 Å². The van der Waals surface area contributed by atoms with Crippen molar-refractivity contribution in [1.82, 2.24) is 10.3 Å². The van der Waals surface area contributed by atoms with Crippen molar-refractivity contribution in [2.45, 2.75) is 44.4 Å². The second-order valence-corrected chi connectivity index (χ2v) is 5.62. The van der Waals surface area contributed by atoms with E-state index in [4.69, 9.17) is 4.74 Å². The Balaban J connectivity index is 1.90. The average molecular weight is 279 g/mol. The Morgan fingerprint density at radius 3 is 3.15 bits per heavy atom. The van der Waals surface area contributed by atoms with Gasteiger partial charge in [0.05, 0.1) is 24.9 Å². The molecule has 5 heteroatoms. The molecule has 1 N–H and O–H groups in total. The van der Waals surface area contributed by atoms with Crippen molar-refractivity contribution >= 4 is 5.82 Å². The molecular formula is C15H22FN3O. The molecule has 0 bridgehead atoms. The van der Waals surface area contributed by atoms with Gasteiger partial charge in [-0.2, -0.15) is 0 Å². The first kappa shape index (κ1) is 13.8. The van der Waals surface area contributed by atoms with E-state index in [1.807, 2.05) is 7.05 Å². The van der Waals surface area contributed by atoms with Crippen LogP contribution >= 0.6 is 0 Å². The van der Waals surface area contributed by atoms with E-state index < -0.39 is 0 Å². The van der Waals surface area contributed by atoms with E-state index in [9.17, 15) is 4.39 Å². The number of fused-ring (bicyclic) bond motifs is 1. The Bertz CT molecular complexity index is 466. The molecule has 2 fully saturated rings. The van der Waals surface area contributed by atoms with Crippen molar-refractivity contribution in [1.29, 1.82) is 0 Å². The number of morpholine rings is 1. The molecule has 1 saturated carbocycles. The van der Waals surface area contributed by atoms with Crippen LogP contribution in [0.5, 0.6) is 0 Å². The Hall–Kier alpha value is -1.20. The molecule has 2 heterocycles. The Morgan fingerprint density at radius 2 is 2.30 bits per heavy atom. The number of aromatic nitrogens is 1. The summed E-state index contributed by atoms with van der Waals surface area (Å²) < 4.78 is 19.3. The number of hydrogen-bond acceptors (Lipinski definition) is 4. The highest BCUT2D eigenvalue weighted by molar-refractivity contribution is 5.48. The molecule has 20 heavy (non-hydrogen) atoms. The van der Waals surface area contributed by atoms with Crippen LogP contribution in [0.25, 0.3) is 0 Å². The van der Waals surface area contributed by atoms with Crippen LogP contribution < -0.4 is 10.2 Å². The van der Waals surface area contributed by atoms with E-state index in [1.54, 1.807) is 6.07 Å². The molecule has 110 valence electrons. The molecule has 2 atom stereocenters. The molecule has 0 radical (unpaired) electrons. The Kier molecular flexibility index (Phi) is 4.17. The second-order valence-electron chi connectivity index (χ2n) is 5.62. The summed E-state index contributed by atoms with van der Waals surface area (Å²) in [7, 11) is 1.87. The number of ether oxygens (including phenoxy) is 1. The molecule has 1 aromatic rings. The fourth-order valence-electron chi connectivity index (χ4n) is 3.41. The van der Waals surface area contributed by atoms with E-state index in [1.165, 1.54) is 19.0 Å². The maximum absolute atomic E-state index is 13.4. The van der Waals surface area contributed by atoms with Crippen molar-refractivity contribution in [2.75, 3.05) is 25.1 Å². The largest absolute Gasteiger partial charge is 0.374 e. The average Bonchev–Trinajstić information content (AvgIpc) is 2.47. The topological polar surface area (TPSA) is 37.4 Å². The van der Waals surface area contributed by atoms with Gasteiger partial charge in [0.25, 0.3) is 0 Å². The Labute approximate surface area is 119 Å². The molecule has 1 aliphatic heterocycles. The van der Waals surface area contributed by atoms with Gasteiger partial charge in [0.15, 0.2) is 0 Å². The van der Waals surface area contributed by atoms with Gasteiger partial charge in [-0.15, -0.1) is 0 Å². The number of nitrogens with one attached hydrogen (secondary N) is 1. The van der Waals surface area contributed by atoms with Crippen molar-refractivity contribution in [3.63, 3.8) is 0 Å². The van der Waals surface area contributed by atoms with Gasteiger partial charge in [0, 0.05) is 18.7 Å². The minimum absolute atomic E-state index is 0.271. The van der Waals surface area contributed by atoms with Gasteiger partial charge < -0.3 is 15.0 Å². The van der Waals surface area contributed by atoms with Crippen molar-refractivity contribution in [3.05, 3.63) is 23.6 Å². The lowest BCUT2D eigenvalue weighted by atomic mass is 9.90. The third-order valence-electron chi connectivity index (χ3n) is 4.28. The van der Waals surface area contributed by atoms with Gasteiger partial charge in [-0.25, -0.2) is 9.37 Å². The molecule has 2 unspecified atom stereocenters. The molecular weight excluding hydrogens is 257 g/mol. The lowest BCUT2D eigenvalue weighted by Crippen LogP contribution is -2.53. The minimum Gasteiger partial charge on any atom is -0.374 e. The monoisotopic (exact) mass is 279 g/mol. The summed E-state index contributed by atoms with van der Waals surface area (Å²) in [6.07, 6.45) is 6.39. The number of halogens is 1. The molecule has 4 nitrogen and oxygen atoms in total. The third-order valence-corrected chi connectivity index (χ3v) is 4.28. The summed E-state index contributed by atoms with van der Waals surface area (Å²) in [5.74, 6) is 0.647. The first-order valence-electron chi connectivity index (χ1n) is 7.47. The lowest BCUT2D eigenvalue weighted by molar-refractivity contribution is -0.00906. The molecule has 1 aliphatic carbocycles. The molecule has 1 saturated heterocycles. The molecule has 3 rings (SSSR count). The predicted octanol–water partition coefficient (Wildman–Crippen LogP) is 2.09. The van der Waals surface area contributed by atoms with Crippen molar-refractivity contribution < 1.29 is 9.13 Å². The lowest BCUT2D eigenvalue weighted by Gasteiger charge is -2.45. The number of anilines is 1. The fourth-order valence-corrected chi connectivity index (χ4v) is 3.41. The van der Waals surface area contributed by atoms with E-state index >= 15 is 0 Å². The summed E-state index contributed by atoms with van der Waals surface area (Å²) in [5, 5.41) is 3.10. The number of rotatable bonds is 3. The predicted molar refractivity (Wildman–Crippen MR) is 76.3 cm³/mol. The normalized spacial score (nSPS) is 26.4. The van der Waals surface area contributed by atoms with Crippen LogP contribution in [0.2, 0.25) is 0 Å². The quantitative estimate of drug-likeness (QED) is 0.919. The zero-order valence-electron chi connectivity index (χ0n) is 11.9. The van der Waals surface area contributed by atoms with Crippen LogP contribution in [0, 0.1) is 5.82 Å². The minimum atomic E-state index is -0.271. The van der Waals surface area contributed by atoms with Crippen molar-refractivity contribution in [3.8, 4) is 0 Å². The first-order valence-corrected chi connectivity index (χ1v) is 7.47. The summed E-state index contributed by atoms with van der Waals surface area (Å²) in [5.41, 5.74) is 0.929. The Morgan fingerprint density at radius 1 is 1.45 bits per heavy atom. The van der Waals surface area contributed by atoms with Gasteiger partial charge in [0.1, 0.15) is 11.6 Å². The zero-order chi connectivity index (χ0) is 13.9. The summed E-state index contributed by atoms with van der Waals surface area (Å²) in [6, 6.07) is 1.98. The molecule has 2 aliphatic rings. The van der Waals surface area contributed by atoms with Gasteiger partial charge >= 0.3 is 0 Å². The summed E-state index contributed by atoms with van der Waals surface area (Å²) >= 11 is 0. The zero-order valence-corrected chi connectivity index (χ0v) is 11.9. The third kappa shape index (κ3) is 2.65. The number of pyridine rings is 1. The van der Waals surface area contributed by atoms with E-state index in [0.29, 0.717) is 18.7 Å². The van der Waals surface area contributed by atoms with Crippen LogP contribution in [0.15, 0.2) is 12.3 Å². The van der Waals surface area contributed by atoms with E-state index in [-0.39, 0.29) is 5.82 Å². The van der Waals surface area contributed by atoms with E-state index in [2.05, 4.69) is 15.2 Å². The standard InChI is InChI=1S/C15H22FN3O/c1-17-9-11-8-12(16)10-18-15(11)19-6-7-20-14-5-3-2-4-13(14)19/h8,10,13-14,17H,2-7,9H2,1H3. The molecule has 0 aromatic carbocycles. The van der Waals surface area contributed by atoms with Gasteiger partial charge in [0.2, 0.25) is 0 Å². The highest BCUT2D eigenvalue weighted by Gasteiger charge is 2.35. The summed E-state index contributed by atoms with van der Waals surface area (Å²) in [6.45, 7) is 2.21. The van der Waals surface area contributed by atoms with E-state index in [0.717, 1.165) is 37.4 Å². The maximum Gasteiger partial charge on any atom is 0.141 e. The summed E-state index contributed by atoms with van der Waals surface area (Å²) in [4.78, 5) is 6.70. The fraction of sp³-hybridized carbons (Fsp3) is 0.667. The first-order chi connectivity index (χ1) is 9.79. The molecule has 0 amide bonds. The highest BCUT2D eigenvalue weighted by Crippen LogP contribution is 2.32. The van der Waals surface area contributed by atoms with Crippen LogP contribution in [0.3, 0.4) is 0 Å². The van der Waals surface area contributed by atoms with Gasteiger partial charge in [-0.3, -0.25) is 0 Å². The maximum atomic E-state index is 13.4. The number of hydrogen-bond donors (Lipinski definition) is 1. The van der Waals surface area contributed by atoms with Crippen molar-refractivity contribution in [2.24, 2.45) is 0 Å². The van der Waals surface area contributed by atoms with Crippen LogP contribution in [-0.2, 0) is 11.3 Å². The number of nitrogens with zero attached hydrogens (tertiary/aromatic N) is 2. The smallest absolute Gasteiger partial charge is 0.141 e. The van der Waals surface area contributed by atoms with Gasteiger partial charge in [-0.05, 0) is 26.0 Å².